The summed E-state index contributed by atoms with van der Waals surface area (Å²) in [4.78, 5) is 11.9. The van der Waals surface area contributed by atoms with Crippen molar-refractivity contribution >= 4 is 39.3 Å². The Morgan fingerprint density at radius 2 is 1.79 bits per heavy atom. The number of furan rings is 1. The second-order valence-electron chi connectivity index (χ2n) is 5.78. The van der Waals surface area contributed by atoms with Gasteiger partial charge in [0.15, 0.2) is 0 Å². The lowest BCUT2D eigenvalue weighted by Crippen LogP contribution is -2.19. The van der Waals surface area contributed by atoms with E-state index in [1.54, 1.807) is 54.6 Å². The number of anilines is 1. The maximum atomic E-state index is 12.5. The molecule has 2 aromatic carbocycles. The van der Waals surface area contributed by atoms with Crippen LogP contribution in [-0.4, -0.2) is 14.3 Å². The van der Waals surface area contributed by atoms with Crippen LogP contribution in [0.2, 0.25) is 5.02 Å². The number of amides is 1. The van der Waals surface area contributed by atoms with Crippen LogP contribution in [0.5, 0.6) is 0 Å². The van der Waals surface area contributed by atoms with Crippen LogP contribution in [0.15, 0.2) is 82.3 Å². The van der Waals surface area contributed by atoms with E-state index < -0.39 is 10.0 Å². The zero-order valence-corrected chi connectivity index (χ0v) is 16.2. The Hall–Kier alpha value is -3.03. The van der Waals surface area contributed by atoms with Gasteiger partial charge in [0.25, 0.3) is 10.0 Å². The van der Waals surface area contributed by atoms with Gasteiger partial charge in [-0.15, -0.1) is 0 Å². The molecule has 2 N–H and O–H groups in total. The molecule has 0 saturated carbocycles. The quantitative estimate of drug-likeness (QED) is 0.568. The standard InChI is InChI=1S/C20H17ClN2O4S/c21-18-5-1-2-6-19(18)23-28(25,26)17-10-7-15(8-11-17)9-12-20(24)22-14-16-4-3-13-27-16/h1-13,23H,14H2,(H,22,24). The van der Waals surface area contributed by atoms with Crippen molar-refractivity contribution in [3.05, 3.63) is 89.3 Å². The fourth-order valence-electron chi connectivity index (χ4n) is 2.32. The fraction of sp³-hybridized carbons (Fsp3) is 0.0500. The molecular weight excluding hydrogens is 400 g/mol. The molecule has 0 aliphatic carbocycles. The lowest BCUT2D eigenvalue weighted by molar-refractivity contribution is -0.116. The average Bonchev–Trinajstić information content (AvgIpc) is 3.20. The molecule has 28 heavy (non-hydrogen) atoms. The summed E-state index contributed by atoms with van der Waals surface area (Å²) in [5.41, 5.74) is 0.992. The minimum absolute atomic E-state index is 0.0897. The monoisotopic (exact) mass is 416 g/mol. The number of halogens is 1. The molecule has 3 rings (SSSR count). The molecule has 8 heteroatoms. The van der Waals surface area contributed by atoms with E-state index in [-0.39, 0.29) is 10.8 Å². The highest BCUT2D eigenvalue weighted by Gasteiger charge is 2.15. The van der Waals surface area contributed by atoms with Gasteiger partial charge in [-0.05, 0) is 48.0 Å². The minimum Gasteiger partial charge on any atom is -0.467 e. The molecule has 0 unspecified atom stereocenters. The van der Waals surface area contributed by atoms with Crippen molar-refractivity contribution in [1.29, 1.82) is 0 Å². The third-order valence-corrected chi connectivity index (χ3v) is 5.46. The highest BCUT2D eigenvalue weighted by atomic mass is 35.5. The van der Waals surface area contributed by atoms with Crippen molar-refractivity contribution < 1.29 is 17.6 Å². The molecular formula is C20H17ClN2O4S. The molecule has 144 valence electrons. The number of benzene rings is 2. The summed E-state index contributed by atoms with van der Waals surface area (Å²) in [7, 11) is -3.77. The smallest absolute Gasteiger partial charge is 0.261 e. The highest BCUT2D eigenvalue weighted by molar-refractivity contribution is 7.92. The Morgan fingerprint density at radius 1 is 1.04 bits per heavy atom. The third kappa shape index (κ3) is 5.25. The molecule has 0 bridgehead atoms. The van der Waals surface area contributed by atoms with Crippen molar-refractivity contribution in [2.75, 3.05) is 4.72 Å². The number of para-hydroxylation sites is 1. The summed E-state index contributed by atoms with van der Waals surface area (Å²) >= 11 is 5.99. The van der Waals surface area contributed by atoms with Crippen LogP contribution in [-0.2, 0) is 21.4 Å². The summed E-state index contributed by atoms with van der Waals surface area (Å²) in [6, 6.07) is 16.2. The maximum absolute atomic E-state index is 12.5. The van der Waals surface area contributed by atoms with E-state index in [0.29, 0.717) is 28.6 Å². The number of hydrogen-bond donors (Lipinski definition) is 2. The normalized spacial score (nSPS) is 11.5. The van der Waals surface area contributed by atoms with Crippen LogP contribution in [0, 0.1) is 0 Å². The predicted octanol–water partition coefficient (Wildman–Crippen LogP) is 4.06. The molecule has 1 aromatic heterocycles. The van der Waals surface area contributed by atoms with Crippen LogP contribution >= 0.6 is 11.6 Å². The molecule has 3 aromatic rings. The first kappa shape index (κ1) is 19.7. The lowest BCUT2D eigenvalue weighted by atomic mass is 10.2. The van der Waals surface area contributed by atoms with Gasteiger partial charge in [-0.3, -0.25) is 9.52 Å². The number of nitrogens with one attached hydrogen (secondary N) is 2. The van der Waals surface area contributed by atoms with Crippen molar-refractivity contribution in [2.45, 2.75) is 11.4 Å². The minimum atomic E-state index is -3.77. The van der Waals surface area contributed by atoms with Crippen LogP contribution in [0.4, 0.5) is 5.69 Å². The van der Waals surface area contributed by atoms with Gasteiger partial charge in [-0.2, -0.15) is 0 Å². The van der Waals surface area contributed by atoms with E-state index in [0.717, 1.165) is 0 Å². The molecule has 0 saturated heterocycles. The predicted molar refractivity (Wildman–Crippen MR) is 108 cm³/mol. The summed E-state index contributed by atoms with van der Waals surface area (Å²) < 4.78 is 32.5. The molecule has 0 fully saturated rings. The Labute approximate surface area is 167 Å². The third-order valence-electron chi connectivity index (χ3n) is 3.75. The largest absolute Gasteiger partial charge is 0.467 e. The van der Waals surface area contributed by atoms with Crippen LogP contribution in [0.25, 0.3) is 6.08 Å². The zero-order valence-electron chi connectivity index (χ0n) is 14.6. The van der Waals surface area contributed by atoms with Crippen LogP contribution in [0.3, 0.4) is 0 Å². The van der Waals surface area contributed by atoms with E-state index in [1.807, 2.05) is 0 Å². The van der Waals surface area contributed by atoms with Gasteiger partial charge in [0, 0.05) is 6.08 Å². The summed E-state index contributed by atoms with van der Waals surface area (Å²) in [5, 5.41) is 3.00. The molecule has 1 amide bonds. The van der Waals surface area contributed by atoms with E-state index in [2.05, 4.69) is 10.0 Å². The van der Waals surface area contributed by atoms with Gasteiger partial charge in [-0.1, -0.05) is 35.9 Å². The average molecular weight is 417 g/mol. The van der Waals surface area contributed by atoms with Crippen molar-refractivity contribution in [2.24, 2.45) is 0 Å². The molecule has 0 aliphatic heterocycles. The summed E-state index contributed by atoms with van der Waals surface area (Å²) in [6.45, 7) is 0.293. The number of rotatable bonds is 7. The fourth-order valence-corrected chi connectivity index (χ4v) is 3.64. The van der Waals surface area contributed by atoms with Gasteiger partial charge in [0.2, 0.25) is 5.91 Å². The summed E-state index contributed by atoms with van der Waals surface area (Å²) in [6.07, 6.45) is 4.50. The molecule has 0 spiro atoms. The Balaban J connectivity index is 1.62. The van der Waals surface area contributed by atoms with Crippen LogP contribution < -0.4 is 10.0 Å². The summed E-state index contributed by atoms with van der Waals surface area (Å²) in [5.74, 6) is 0.371. The molecule has 6 nitrogen and oxygen atoms in total. The second-order valence-corrected chi connectivity index (χ2v) is 7.87. The zero-order chi connectivity index (χ0) is 20.0. The van der Waals surface area contributed by atoms with E-state index >= 15 is 0 Å². The van der Waals surface area contributed by atoms with Gasteiger partial charge in [-0.25, -0.2) is 8.42 Å². The topological polar surface area (TPSA) is 88.4 Å². The number of hydrogen-bond acceptors (Lipinski definition) is 4. The first-order chi connectivity index (χ1) is 13.4. The molecule has 1 heterocycles. The van der Waals surface area contributed by atoms with Crippen molar-refractivity contribution in [1.82, 2.24) is 5.32 Å². The second kappa shape index (κ2) is 8.77. The first-order valence-electron chi connectivity index (χ1n) is 8.30. The maximum Gasteiger partial charge on any atom is 0.261 e. The van der Waals surface area contributed by atoms with Gasteiger partial charge >= 0.3 is 0 Å². The molecule has 0 aliphatic rings. The number of carbonyl (C=O) groups is 1. The van der Waals surface area contributed by atoms with E-state index in [9.17, 15) is 13.2 Å². The first-order valence-corrected chi connectivity index (χ1v) is 10.2. The molecule has 0 radical (unpaired) electrons. The Morgan fingerprint density at radius 3 is 2.46 bits per heavy atom. The van der Waals surface area contributed by atoms with Crippen molar-refractivity contribution in [3.63, 3.8) is 0 Å². The van der Waals surface area contributed by atoms with Gasteiger partial charge < -0.3 is 9.73 Å². The van der Waals surface area contributed by atoms with Crippen LogP contribution in [0.1, 0.15) is 11.3 Å². The SMILES string of the molecule is O=C(C=Cc1ccc(S(=O)(=O)Nc2ccccc2Cl)cc1)NCc1ccco1. The Bertz CT molecular complexity index is 1080. The van der Waals surface area contributed by atoms with E-state index in [4.69, 9.17) is 16.0 Å². The van der Waals surface area contributed by atoms with Gasteiger partial charge in [0.1, 0.15) is 5.76 Å². The highest BCUT2D eigenvalue weighted by Crippen LogP contribution is 2.24. The Kier molecular flexibility index (Phi) is 6.18. The molecule has 0 atom stereocenters. The van der Waals surface area contributed by atoms with Gasteiger partial charge in [0.05, 0.1) is 28.4 Å². The number of carbonyl (C=O) groups excluding carboxylic acids is 1. The number of sulfonamides is 1. The van der Waals surface area contributed by atoms with Crippen molar-refractivity contribution in [3.8, 4) is 0 Å². The van der Waals surface area contributed by atoms with E-state index in [1.165, 1.54) is 24.5 Å². The lowest BCUT2D eigenvalue weighted by Gasteiger charge is -2.09.